The second kappa shape index (κ2) is 12.3. The van der Waals surface area contributed by atoms with Crippen LogP contribution in [-0.4, -0.2) is 4.57 Å². The van der Waals surface area contributed by atoms with Crippen molar-refractivity contribution < 1.29 is 0 Å². The zero-order chi connectivity index (χ0) is 35.5. The SMILES string of the molecule is CC1(C)c2ccccc2-c2ccc(N(c3ccc(-c4ccccc4)cc3)c3cccc(-c4ccc(-n5c6ccccc6c6ccccc65)cc4)c3)cc21. The molecule has 0 saturated heterocycles. The van der Waals surface area contributed by atoms with Gasteiger partial charge in [-0.1, -0.05) is 147 Å². The van der Waals surface area contributed by atoms with Gasteiger partial charge in [-0.2, -0.15) is 0 Å². The van der Waals surface area contributed by atoms with Crippen molar-refractivity contribution in [1.82, 2.24) is 4.57 Å². The molecule has 0 amide bonds. The first-order chi connectivity index (χ1) is 26.0. The Kier molecular flexibility index (Phi) is 7.19. The molecule has 2 heteroatoms. The Bertz CT molecular complexity index is 2730. The van der Waals surface area contributed by atoms with Crippen LogP contribution in [0.15, 0.2) is 194 Å². The summed E-state index contributed by atoms with van der Waals surface area (Å²) >= 11 is 0. The number of benzene rings is 8. The highest BCUT2D eigenvalue weighted by atomic mass is 15.1. The van der Waals surface area contributed by atoms with E-state index < -0.39 is 0 Å². The predicted octanol–water partition coefficient (Wildman–Crippen LogP) is 13.9. The predicted molar refractivity (Wildman–Crippen MR) is 224 cm³/mol. The number of anilines is 3. The minimum Gasteiger partial charge on any atom is -0.310 e. The fourth-order valence-corrected chi connectivity index (χ4v) is 8.54. The minimum absolute atomic E-state index is 0.0925. The Morgan fingerprint density at radius 2 is 0.906 bits per heavy atom. The van der Waals surface area contributed by atoms with E-state index in [4.69, 9.17) is 0 Å². The van der Waals surface area contributed by atoms with E-state index in [0.29, 0.717) is 0 Å². The number of hydrogen-bond donors (Lipinski definition) is 0. The molecule has 1 aliphatic carbocycles. The molecule has 0 fully saturated rings. The number of hydrogen-bond acceptors (Lipinski definition) is 1. The van der Waals surface area contributed by atoms with Crippen LogP contribution in [0.2, 0.25) is 0 Å². The first kappa shape index (κ1) is 31.1. The third-order valence-corrected chi connectivity index (χ3v) is 11.2. The van der Waals surface area contributed by atoms with E-state index >= 15 is 0 Å². The molecule has 1 aliphatic rings. The summed E-state index contributed by atoms with van der Waals surface area (Å²) in [4.78, 5) is 2.41. The summed E-state index contributed by atoms with van der Waals surface area (Å²) in [5.74, 6) is 0. The molecule has 252 valence electrons. The Hall–Kier alpha value is -6.64. The molecule has 8 aromatic carbocycles. The highest BCUT2D eigenvalue weighted by Crippen LogP contribution is 2.50. The van der Waals surface area contributed by atoms with E-state index in [9.17, 15) is 0 Å². The molecule has 0 saturated carbocycles. The van der Waals surface area contributed by atoms with Crippen LogP contribution in [0.4, 0.5) is 17.1 Å². The van der Waals surface area contributed by atoms with Crippen molar-refractivity contribution in [2.45, 2.75) is 19.3 Å². The fourth-order valence-electron chi connectivity index (χ4n) is 8.54. The van der Waals surface area contributed by atoms with E-state index in [1.54, 1.807) is 0 Å². The summed E-state index contributed by atoms with van der Waals surface area (Å²) in [5, 5.41) is 2.55. The van der Waals surface area contributed by atoms with Crippen molar-refractivity contribution >= 4 is 38.9 Å². The number of nitrogens with zero attached hydrogens (tertiary/aromatic N) is 2. The molecular weight excluding hydrogens is 641 g/mol. The van der Waals surface area contributed by atoms with Crippen molar-refractivity contribution in [3.8, 4) is 39.1 Å². The van der Waals surface area contributed by atoms with Crippen LogP contribution in [0.5, 0.6) is 0 Å². The summed E-state index contributed by atoms with van der Waals surface area (Å²) in [6, 6.07) is 70.8. The molecule has 9 aromatic rings. The second-order valence-corrected chi connectivity index (χ2v) is 14.6. The fraction of sp³-hybridized carbons (Fsp3) is 0.0588. The summed E-state index contributed by atoms with van der Waals surface area (Å²) < 4.78 is 2.37. The lowest BCUT2D eigenvalue weighted by Crippen LogP contribution is -2.16. The summed E-state index contributed by atoms with van der Waals surface area (Å²) in [5.41, 5.74) is 17.1. The van der Waals surface area contributed by atoms with Gasteiger partial charge in [0.1, 0.15) is 0 Å². The summed E-state index contributed by atoms with van der Waals surface area (Å²) in [6.07, 6.45) is 0. The van der Waals surface area contributed by atoms with Crippen LogP contribution in [0.3, 0.4) is 0 Å². The molecule has 1 heterocycles. The summed E-state index contributed by atoms with van der Waals surface area (Å²) in [7, 11) is 0. The lowest BCUT2D eigenvalue weighted by molar-refractivity contribution is 0.660. The average molecular weight is 679 g/mol. The van der Waals surface area contributed by atoms with Gasteiger partial charge < -0.3 is 9.47 Å². The molecule has 0 atom stereocenters. The topological polar surface area (TPSA) is 8.17 Å². The molecule has 0 radical (unpaired) electrons. The standard InChI is InChI=1S/C51H38N2/c1-51(2)47-20-9-6-17-43(47)44-32-31-42(34-48(44)51)52(39-27-23-36(24-28-39)35-13-4-3-5-14-35)41-16-12-15-38(33-41)37-25-29-40(30-26-37)53-49-21-10-7-18-45(49)46-19-8-11-22-50(46)53/h3-34H,1-2H3. The zero-order valence-electron chi connectivity index (χ0n) is 29.9. The van der Waals surface area contributed by atoms with E-state index in [0.717, 1.165) is 22.7 Å². The van der Waals surface area contributed by atoms with E-state index in [-0.39, 0.29) is 5.41 Å². The maximum Gasteiger partial charge on any atom is 0.0541 e. The second-order valence-electron chi connectivity index (χ2n) is 14.6. The van der Waals surface area contributed by atoms with Gasteiger partial charge in [0.25, 0.3) is 0 Å². The maximum atomic E-state index is 2.41. The van der Waals surface area contributed by atoms with Gasteiger partial charge in [-0.05, 0) is 105 Å². The van der Waals surface area contributed by atoms with Gasteiger partial charge in [0.05, 0.1) is 11.0 Å². The highest BCUT2D eigenvalue weighted by Gasteiger charge is 2.35. The van der Waals surface area contributed by atoms with Gasteiger partial charge in [0, 0.05) is 38.9 Å². The smallest absolute Gasteiger partial charge is 0.0541 e. The van der Waals surface area contributed by atoms with Gasteiger partial charge in [-0.3, -0.25) is 0 Å². The van der Waals surface area contributed by atoms with Gasteiger partial charge >= 0.3 is 0 Å². The van der Waals surface area contributed by atoms with E-state index in [2.05, 4.69) is 217 Å². The third-order valence-electron chi connectivity index (χ3n) is 11.2. The van der Waals surface area contributed by atoms with Gasteiger partial charge in [0.2, 0.25) is 0 Å². The molecule has 1 aromatic heterocycles. The van der Waals surface area contributed by atoms with Crippen LogP contribution < -0.4 is 4.90 Å². The Morgan fingerprint density at radius 1 is 0.377 bits per heavy atom. The van der Waals surface area contributed by atoms with Gasteiger partial charge in [-0.15, -0.1) is 0 Å². The van der Waals surface area contributed by atoms with Crippen LogP contribution in [0.1, 0.15) is 25.0 Å². The Labute approximate surface area is 310 Å². The van der Waals surface area contributed by atoms with Crippen molar-refractivity contribution in [2.75, 3.05) is 4.90 Å². The van der Waals surface area contributed by atoms with Crippen LogP contribution in [0, 0.1) is 0 Å². The average Bonchev–Trinajstić information content (AvgIpc) is 3.67. The van der Waals surface area contributed by atoms with Crippen molar-refractivity contribution in [1.29, 1.82) is 0 Å². The van der Waals surface area contributed by atoms with Gasteiger partial charge in [-0.25, -0.2) is 0 Å². The number of para-hydroxylation sites is 2. The molecule has 0 bridgehead atoms. The minimum atomic E-state index is -0.0925. The lowest BCUT2D eigenvalue weighted by Gasteiger charge is -2.28. The van der Waals surface area contributed by atoms with Crippen LogP contribution in [0.25, 0.3) is 60.9 Å². The Balaban J connectivity index is 1.07. The zero-order valence-corrected chi connectivity index (χ0v) is 29.9. The first-order valence-corrected chi connectivity index (χ1v) is 18.4. The molecule has 0 spiro atoms. The van der Waals surface area contributed by atoms with Crippen molar-refractivity contribution in [2.24, 2.45) is 0 Å². The number of rotatable bonds is 6. The molecule has 0 N–H and O–H groups in total. The van der Waals surface area contributed by atoms with Crippen LogP contribution >= 0.6 is 0 Å². The van der Waals surface area contributed by atoms with Crippen LogP contribution in [-0.2, 0) is 5.41 Å². The lowest BCUT2D eigenvalue weighted by atomic mass is 9.82. The maximum absolute atomic E-state index is 2.41. The number of aromatic nitrogens is 1. The van der Waals surface area contributed by atoms with Crippen molar-refractivity contribution in [3.05, 3.63) is 205 Å². The molecule has 0 aliphatic heterocycles. The molecular formula is C51H38N2. The monoisotopic (exact) mass is 678 g/mol. The normalized spacial score (nSPS) is 12.9. The summed E-state index contributed by atoms with van der Waals surface area (Å²) in [6.45, 7) is 4.70. The third kappa shape index (κ3) is 5.10. The largest absolute Gasteiger partial charge is 0.310 e. The van der Waals surface area contributed by atoms with E-state index in [1.807, 2.05) is 0 Å². The van der Waals surface area contributed by atoms with E-state index in [1.165, 1.54) is 66.3 Å². The Morgan fingerprint density at radius 3 is 1.64 bits per heavy atom. The molecule has 0 unspecified atom stereocenters. The van der Waals surface area contributed by atoms with Crippen molar-refractivity contribution in [3.63, 3.8) is 0 Å². The van der Waals surface area contributed by atoms with Gasteiger partial charge in [0.15, 0.2) is 0 Å². The molecule has 2 nitrogen and oxygen atoms in total. The first-order valence-electron chi connectivity index (χ1n) is 18.4. The highest BCUT2D eigenvalue weighted by molar-refractivity contribution is 6.09. The quantitative estimate of drug-likeness (QED) is 0.170. The molecule has 53 heavy (non-hydrogen) atoms. The number of fused-ring (bicyclic) bond motifs is 6. The molecule has 10 rings (SSSR count).